The lowest BCUT2D eigenvalue weighted by atomic mass is 10.0. The number of hydrogen-bond acceptors (Lipinski definition) is 11. The third-order valence-corrected chi connectivity index (χ3v) is 8.99. The Labute approximate surface area is 230 Å². The summed E-state index contributed by atoms with van der Waals surface area (Å²) in [6.45, 7) is 1.24. The number of tetrazole rings is 1. The summed E-state index contributed by atoms with van der Waals surface area (Å²) in [6.07, 6.45) is 3.43. The molecule has 1 aliphatic heterocycles. The van der Waals surface area contributed by atoms with Crippen molar-refractivity contribution in [2.24, 2.45) is 5.14 Å². The highest BCUT2D eigenvalue weighted by Gasteiger charge is 2.34. The van der Waals surface area contributed by atoms with Crippen LogP contribution in [0.2, 0.25) is 0 Å². The van der Waals surface area contributed by atoms with Gasteiger partial charge in [-0.25, -0.2) is 26.7 Å². The minimum atomic E-state index is -4.64. The van der Waals surface area contributed by atoms with Crippen LogP contribution in [-0.4, -0.2) is 68.3 Å². The molecule has 16 heteroatoms. The minimum Gasteiger partial charge on any atom is -0.497 e. The summed E-state index contributed by atoms with van der Waals surface area (Å²) in [5.74, 6) is 0.531. The van der Waals surface area contributed by atoms with Crippen molar-refractivity contribution in [2.45, 2.75) is 28.8 Å². The summed E-state index contributed by atoms with van der Waals surface area (Å²) in [6, 6.07) is 11.0. The lowest BCUT2D eigenvalue weighted by Crippen LogP contribution is -2.37. The lowest BCUT2D eigenvalue weighted by Gasteiger charge is -2.18. The van der Waals surface area contributed by atoms with Crippen molar-refractivity contribution in [3.05, 3.63) is 60.4 Å². The lowest BCUT2D eigenvalue weighted by molar-refractivity contribution is 0.414. The van der Waals surface area contributed by atoms with E-state index in [1.54, 1.807) is 25.3 Å². The van der Waals surface area contributed by atoms with Crippen LogP contribution in [0.5, 0.6) is 5.75 Å². The Morgan fingerprint density at radius 2 is 1.90 bits per heavy atom. The monoisotopic (exact) mass is 585 g/mol. The van der Waals surface area contributed by atoms with Gasteiger partial charge in [0, 0.05) is 30.5 Å². The summed E-state index contributed by atoms with van der Waals surface area (Å²) in [5.41, 5.74) is 7.60. The molecule has 0 saturated carbocycles. The fraction of sp³-hybridized carbons (Fsp3) is 0.250. The first kappa shape index (κ1) is 27.6. The number of pyridine rings is 1. The quantitative estimate of drug-likeness (QED) is 0.210. The zero-order valence-corrected chi connectivity index (χ0v) is 23.0. The van der Waals surface area contributed by atoms with E-state index in [-0.39, 0.29) is 23.5 Å². The number of sulfonamides is 2. The SMILES string of the molecule is COc1ccc(Cn2nnc(-c3c(-c4cncc(N)c4)ccc(S(=O)(=O)NC4CCNC4)c3S(N)(=O)=O)n2)cc1. The summed E-state index contributed by atoms with van der Waals surface area (Å²) in [4.78, 5) is 4.16. The first-order chi connectivity index (χ1) is 19.0. The Kier molecular flexibility index (Phi) is 7.52. The van der Waals surface area contributed by atoms with Crippen LogP contribution < -0.4 is 25.6 Å². The van der Waals surface area contributed by atoms with E-state index in [0.29, 0.717) is 36.5 Å². The molecule has 210 valence electrons. The van der Waals surface area contributed by atoms with E-state index in [4.69, 9.17) is 15.6 Å². The average molecular weight is 586 g/mol. The molecule has 6 N–H and O–H groups in total. The predicted octanol–water partition coefficient (Wildman–Crippen LogP) is 0.329. The molecule has 4 aromatic rings. The molecule has 1 fully saturated rings. The molecule has 3 heterocycles. The maximum Gasteiger partial charge on any atom is 0.242 e. The van der Waals surface area contributed by atoms with Gasteiger partial charge in [0.1, 0.15) is 15.5 Å². The Morgan fingerprint density at radius 3 is 2.55 bits per heavy atom. The standard InChI is InChI=1S/C24H27N9O5S2/c1-38-19-4-2-15(3-5-19)14-33-30-24(29-32-33)22-20(16-10-17(25)12-28-11-16)6-7-21(23(22)39(26,34)35)40(36,37)31-18-8-9-27-13-18/h2-7,10-12,18,27,31H,8-9,13-14,25H2,1H3,(H2,26,34,35). The number of nitrogens with one attached hydrogen (secondary N) is 2. The highest BCUT2D eigenvalue weighted by atomic mass is 32.2. The summed E-state index contributed by atoms with van der Waals surface area (Å²) < 4.78 is 60.9. The highest BCUT2D eigenvalue weighted by molar-refractivity contribution is 7.92. The van der Waals surface area contributed by atoms with Crippen molar-refractivity contribution in [1.82, 2.24) is 35.2 Å². The van der Waals surface area contributed by atoms with Gasteiger partial charge in [-0.15, -0.1) is 10.2 Å². The van der Waals surface area contributed by atoms with Crippen molar-refractivity contribution >= 4 is 25.7 Å². The predicted molar refractivity (Wildman–Crippen MR) is 146 cm³/mol. The number of aromatic nitrogens is 5. The third kappa shape index (κ3) is 5.80. The van der Waals surface area contributed by atoms with Gasteiger partial charge >= 0.3 is 0 Å². The third-order valence-electron chi connectivity index (χ3n) is 6.31. The molecule has 0 spiro atoms. The Bertz CT molecular complexity index is 1750. The second-order valence-electron chi connectivity index (χ2n) is 9.17. The van der Waals surface area contributed by atoms with Gasteiger partial charge < -0.3 is 15.8 Å². The molecule has 0 bridgehead atoms. The highest BCUT2D eigenvalue weighted by Crippen LogP contribution is 2.39. The van der Waals surface area contributed by atoms with Crippen LogP contribution in [-0.2, 0) is 26.6 Å². The second kappa shape index (κ2) is 10.9. The molecule has 0 radical (unpaired) electrons. The maximum absolute atomic E-state index is 13.5. The molecule has 40 heavy (non-hydrogen) atoms. The van der Waals surface area contributed by atoms with E-state index in [1.165, 1.54) is 29.3 Å². The molecule has 5 rings (SSSR count). The smallest absolute Gasteiger partial charge is 0.242 e. The van der Waals surface area contributed by atoms with Crippen molar-refractivity contribution < 1.29 is 21.6 Å². The maximum atomic E-state index is 13.5. The number of hydrogen-bond donors (Lipinski definition) is 4. The van der Waals surface area contributed by atoms with Gasteiger partial charge in [-0.2, -0.15) is 4.80 Å². The van der Waals surface area contributed by atoms with Crippen molar-refractivity contribution in [3.63, 3.8) is 0 Å². The first-order valence-corrected chi connectivity index (χ1v) is 15.1. The molecule has 1 atom stereocenters. The van der Waals surface area contributed by atoms with Gasteiger partial charge in [-0.3, -0.25) is 4.98 Å². The molecule has 0 aliphatic carbocycles. The first-order valence-electron chi connectivity index (χ1n) is 12.1. The molecule has 1 saturated heterocycles. The summed E-state index contributed by atoms with van der Waals surface area (Å²) in [7, 11) is -7.41. The van der Waals surface area contributed by atoms with Crippen LogP contribution in [0.25, 0.3) is 22.5 Å². The van der Waals surface area contributed by atoms with Crippen molar-refractivity contribution in [1.29, 1.82) is 0 Å². The van der Waals surface area contributed by atoms with Crippen LogP contribution in [0.4, 0.5) is 5.69 Å². The van der Waals surface area contributed by atoms with Gasteiger partial charge in [0.15, 0.2) is 0 Å². The molecule has 0 amide bonds. The number of nitrogens with two attached hydrogens (primary N) is 2. The van der Waals surface area contributed by atoms with Gasteiger partial charge in [0.05, 0.1) is 24.9 Å². The Hall–Kier alpha value is -3.96. The van der Waals surface area contributed by atoms with E-state index in [2.05, 4.69) is 30.4 Å². The largest absolute Gasteiger partial charge is 0.497 e. The molecule has 2 aromatic heterocycles. The second-order valence-corrected chi connectivity index (χ2v) is 12.4. The van der Waals surface area contributed by atoms with E-state index in [9.17, 15) is 16.8 Å². The fourth-order valence-corrected chi connectivity index (χ4v) is 7.34. The van der Waals surface area contributed by atoms with E-state index in [1.807, 2.05) is 12.1 Å². The van der Waals surface area contributed by atoms with Crippen LogP contribution in [0.1, 0.15) is 12.0 Å². The zero-order valence-electron chi connectivity index (χ0n) is 21.4. The number of nitrogen functional groups attached to an aromatic ring is 1. The Balaban J connectivity index is 1.68. The zero-order chi connectivity index (χ0) is 28.5. The number of nitrogens with zero attached hydrogens (tertiary/aromatic N) is 5. The number of methoxy groups -OCH3 is 1. The number of ether oxygens (including phenoxy) is 1. The van der Waals surface area contributed by atoms with Gasteiger partial charge in [-0.1, -0.05) is 18.2 Å². The van der Waals surface area contributed by atoms with E-state index >= 15 is 0 Å². The molecule has 14 nitrogen and oxygen atoms in total. The van der Waals surface area contributed by atoms with Crippen LogP contribution in [0.3, 0.4) is 0 Å². The molecule has 1 aliphatic rings. The topological polar surface area (TPSA) is 210 Å². The van der Waals surface area contributed by atoms with Crippen LogP contribution >= 0.6 is 0 Å². The molecule has 2 aromatic carbocycles. The van der Waals surface area contributed by atoms with Gasteiger partial charge in [0.25, 0.3) is 0 Å². The van der Waals surface area contributed by atoms with E-state index in [0.717, 1.165) is 5.56 Å². The van der Waals surface area contributed by atoms with Crippen molar-refractivity contribution in [3.8, 4) is 28.3 Å². The Morgan fingerprint density at radius 1 is 1.12 bits per heavy atom. The van der Waals surface area contributed by atoms with Crippen LogP contribution in [0, 0.1) is 0 Å². The number of primary sulfonamides is 1. The van der Waals surface area contributed by atoms with E-state index < -0.39 is 35.9 Å². The number of benzene rings is 2. The number of rotatable bonds is 9. The fourth-order valence-electron chi connectivity index (χ4n) is 4.47. The molecular formula is C24H27N9O5S2. The molecule has 1 unspecified atom stereocenters. The van der Waals surface area contributed by atoms with Gasteiger partial charge in [-0.05, 0) is 53.6 Å². The average Bonchev–Trinajstić information content (AvgIpc) is 3.60. The number of anilines is 1. The summed E-state index contributed by atoms with van der Waals surface area (Å²) >= 11 is 0. The minimum absolute atomic E-state index is 0.136. The van der Waals surface area contributed by atoms with Gasteiger partial charge in [0.2, 0.25) is 25.9 Å². The normalized spacial score (nSPS) is 15.8. The van der Waals surface area contributed by atoms with Crippen molar-refractivity contribution in [2.75, 3.05) is 25.9 Å². The molecular weight excluding hydrogens is 558 g/mol. The summed E-state index contributed by atoms with van der Waals surface area (Å²) in [5, 5.41) is 21.3. The van der Waals surface area contributed by atoms with Crippen LogP contribution in [0.15, 0.2) is 64.6 Å².